The highest BCUT2D eigenvalue weighted by Crippen LogP contribution is 2.23. The average Bonchev–Trinajstić information content (AvgIpc) is 3.35. The van der Waals surface area contributed by atoms with Crippen LogP contribution in [0.1, 0.15) is 16.8 Å². The van der Waals surface area contributed by atoms with Crippen molar-refractivity contribution in [1.29, 1.82) is 0 Å². The highest BCUT2D eigenvalue weighted by Gasteiger charge is 2.09. The van der Waals surface area contributed by atoms with Crippen molar-refractivity contribution in [1.82, 2.24) is 15.6 Å². The predicted octanol–water partition coefficient (Wildman–Crippen LogP) is 4.27. The SMILES string of the molecule is CN=C(NCc1coc(-c2cccs2)n1)NCc1ccc(F)cc1CSC. The molecule has 2 N–H and O–H groups in total. The van der Waals surface area contributed by atoms with E-state index in [0.29, 0.717) is 24.9 Å². The van der Waals surface area contributed by atoms with Gasteiger partial charge in [-0.3, -0.25) is 4.99 Å². The van der Waals surface area contributed by atoms with Crippen LogP contribution in [0.2, 0.25) is 0 Å². The van der Waals surface area contributed by atoms with Crippen LogP contribution in [-0.2, 0) is 18.8 Å². The Balaban J connectivity index is 1.56. The fraction of sp³-hybridized carbons (Fsp3) is 0.263. The predicted molar refractivity (Wildman–Crippen MR) is 110 cm³/mol. The summed E-state index contributed by atoms with van der Waals surface area (Å²) >= 11 is 3.26. The normalized spacial score (nSPS) is 11.6. The fourth-order valence-electron chi connectivity index (χ4n) is 2.53. The average molecular weight is 405 g/mol. The van der Waals surface area contributed by atoms with Gasteiger partial charge in [0.05, 0.1) is 17.1 Å². The second kappa shape index (κ2) is 9.57. The third-order valence-electron chi connectivity index (χ3n) is 3.86. The Kier molecular flexibility index (Phi) is 6.89. The maximum atomic E-state index is 13.5. The summed E-state index contributed by atoms with van der Waals surface area (Å²) < 4.78 is 19.0. The van der Waals surface area contributed by atoms with Crippen LogP contribution in [0.25, 0.3) is 10.8 Å². The Hall–Kier alpha value is -2.32. The van der Waals surface area contributed by atoms with E-state index in [1.807, 2.05) is 29.8 Å². The van der Waals surface area contributed by atoms with Crippen LogP contribution in [-0.4, -0.2) is 24.2 Å². The maximum Gasteiger partial charge on any atom is 0.236 e. The first-order chi connectivity index (χ1) is 13.2. The van der Waals surface area contributed by atoms with Gasteiger partial charge in [-0.05, 0) is 41.0 Å². The number of oxazole rings is 1. The van der Waals surface area contributed by atoms with Gasteiger partial charge in [0.15, 0.2) is 5.96 Å². The van der Waals surface area contributed by atoms with Crippen LogP contribution >= 0.6 is 23.1 Å². The number of halogens is 1. The summed E-state index contributed by atoms with van der Waals surface area (Å²) in [4.78, 5) is 9.71. The molecule has 0 aliphatic heterocycles. The highest BCUT2D eigenvalue weighted by molar-refractivity contribution is 7.97. The summed E-state index contributed by atoms with van der Waals surface area (Å²) in [6.45, 7) is 1.06. The molecule has 0 fully saturated rings. The number of benzene rings is 1. The van der Waals surface area contributed by atoms with E-state index in [-0.39, 0.29) is 5.82 Å². The molecule has 2 heterocycles. The highest BCUT2D eigenvalue weighted by atomic mass is 32.2. The summed E-state index contributed by atoms with van der Waals surface area (Å²) in [5.41, 5.74) is 2.84. The van der Waals surface area contributed by atoms with Gasteiger partial charge >= 0.3 is 0 Å². The second-order valence-corrected chi connectivity index (χ2v) is 7.56. The van der Waals surface area contributed by atoms with Crippen LogP contribution in [0.4, 0.5) is 4.39 Å². The smallest absolute Gasteiger partial charge is 0.236 e. The van der Waals surface area contributed by atoms with E-state index in [9.17, 15) is 4.39 Å². The second-order valence-electron chi connectivity index (χ2n) is 5.75. The molecule has 27 heavy (non-hydrogen) atoms. The molecule has 0 spiro atoms. The molecule has 8 heteroatoms. The number of nitrogens with zero attached hydrogens (tertiary/aromatic N) is 2. The number of aliphatic imine (C=N–C) groups is 1. The Morgan fingerprint density at radius 2 is 2.11 bits per heavy atom. The number of thioether (sulfide) groups is 1. The molecule has 0 saturated heterocycles. The molecule has 0 aliphatic carbocycles. The van der Waals surface area contributed by atoms with Crippen LogP contribution in [0.5, 0.6) is 0 Å². The monoisotopic (exact) mass is 404 g/mol. The first-order valence-electron chi connectivity index (χ1n) is 8.38. The van der Waals surface area contributed by atoms with Crippen LogP contribution < -0.4 is 10.6 Å². The van der Waals surface area contributed by atoms with Gasteiger partial charge in [-0.25, -0.2) is 9.37 Å². The molecule has 2 aromatic heterocycles. The van der Waals surface area contributed by atoms with Crippen molar-refractivity contribution in [2.45, 2.75) is 18.8 Å². The maximum absolute atomic E-state index is 13.5. The van der Waals surface area contributed by atoms with Crippen LogP contribution in [0.15, 0.2) is 51.4 Å². The van der Waals surface area contributed by atoms with E-state index in [1.54, 1.807) is 42.5 Å². The molecule has 0 saturated carbocycles. The van der Waals surface area contributed by atoms with Crippen molar-refractivity contribution in [3.63, 3.8) is 0 Å². The van der Waals surface area contributed by atoms with Gasteiger partial charge in [0.1, 0.15) is 12.1 Å². The van der Waals surface area contributed by atoms with Crippen molar-refractivity contribution in [2.24, 2.45) is 4.99 Å². The topological polar surface area (TPSA) is 62.5 Å². The molecule has 0 aliphatic rings. The minimum Gasteiger partial charge on any atom is -0.443 e. The number of hydrogen-bond donors (Lipinski definition) is 2. The zero-order valence-electron chi connectivity index (χ0n) is 15.2. The largest absolute Gasteiger partial charge is 0.443 e. The van der Waals surface area contributed by atoms with Gasteiger partial charge in [0, 0.05) is 19.3 Å². The van der Waals surface area contributed by atoms with E-state index in [0.717, 1.165) is 27.5 Å². The number of thiophene rings is 1. The van der Waals surface area contributed by atoms with Gasteiger partial charge in [0.2, 0.25) is 5.89 Å². The molecule has 142 valence electrons. The summed E-state index contributed by atoms with van der Waals surface area (Å²) in [6, 6.07) is 8.83. The lowest BCUT2D eigenvalue weighted by atomic mass is 10.1. The molecule has 0 bridgehead atoms. The van der Waals surface area contributed by atoms with Gasteiger partial charge in [-0.2, -0.15) is 11.8 Å². The minimum atomic E-state index is -0.210. The number of guanidine groups is 1. The molecule has 0 amide bonds. The molecular formula is C19H21FN4OS2. The quantitative estimate of drug-likeness (QED) is 0.455. The van der Waals surface area contributed by atoms with Gasteiger partial charge in [0.25, 0.3) is 0 Å². The molecular weight excluding hydrogens is 383 g/mol. The third kappa shape index (κ3) is 5.33. The Morgan fingerprint density at radius 3 is 2.85 bits per heavy atom. The first kappa shape index (κ1) is 19.4. The molecule has 3 aromatic rings. The summed E-state index contributed by atoms with van der Waals surface area (Å²) in [7, 11) is 1.71. The lowest BCUT2D eigenvalue weighted by molar-refractivity contribution is 0.573. The van der Waals surface area contributed by atoms with E-state index in [1.165, 1.54) is 6.07 Å². The Labute approximate surface area is 166 Å². The Morgan fingerprint density at radius 1 is 1.26 bits per heavy atom. The standard InChI is InChI=1S/C19H21FN4OS2/c1-21-19(22-9-13-5-6-15(20)8-14(13)12-26-2)23-10-16-11-25-18(24-16)17-4-3-7-27-17/h3-8,11H,9-10,12H2,1-2H3,(H2,21,22,23). The number of aromatic nitrogens is 1. The lowest BCUT2D eigenvalue weighted by Gasteiger charge is -2.13. The molecule has 1 aromatic carbocycles. The Bertz CT molecular complexity index is 893. The third-order valence-corrected chi connectivity index (χ3v) is 5.32. The minimum absolute atomic E-state index is 0.210. The van der Waals surface area contributed by atoms with Gasteiger partial charge in [-0.1, -0.05) is 12.1 Å². The molecule has 5 nitrogen and oxygen atoms in total. The zero-order valence-corrected chi connectivity index (χ0v) is 16.8. The summed E-state index contributed by atoms with van der Waals surface area (Å²) in [5.74, 6) is 1.83. The summed E-state index contributed by atoms with van der Waals surface area (Å²) in [5, 5.41) is 8.47. The van der Waals surface area contributed by atoms with E-state index >= 15 is 0 Å². The number of hydrogen-bond acceptors (Lipinski definition) is 5. The van der Waals surface area contributed by atoms with Crippen molar-refractivity contribution in [2.75, 3.05) is 13.3 Å². The lowest BCUT2D eigenvalue weighted by Crippen LogP contribution is -2.36. The molecule has 3 rings (SSSR count). The van der Waals surface area contributed by atoms with E-state index in [4.69, 9.17) is 4.42 Å². The van der Waals surface area contributed by atoms with E-state index in [2.05, 4.69) is 20.6 Å². The fourth-order valence-corrected chi connectivity index (χ4v) is 3.77. The van der Waals surface area contributed by atoms with Crippen molar-refractivity contribution < 1.29 is 8.81 Å². The number of nitrogens with one attached hydrogen (secondary N) is 2. The van der Waals surface area contributed by atoms with Crippen molar-refractivity contribution >= 4 is 29.1 Å². The molecule has 0 atom stereocenters. The molecule has 0 radical (unpaired) electrons. The van der Waals surface area contributed by atoms with E-state index < -0.39 is 0 Å². The summed E-state index contributed by atoms with van der Waals surface area (Å²) in [6.07, 6.45) is 3.65. The van der Waals surface area contributed by atoms with Crippen molar-refractivity contribution in [3.8, 4) is 10.8 Å². The van der Waals surface area contributed by atoms with Crippen LogP contribution in [0, 0.1) is 5.82 Å². The zero-order chi connectivity index (χ0) is 19.1. The van der Waals surface area contributed by atoms with Gasteiger partial charge < -0.3 is 15.1 Å². The molecule has 0 unspecified atom stereocenters. The van der Waals surface area contributed by atoms with Crippen molar-refractivity contribution in [3.05, 3.63) is 64.6 Å². The van der Waals surface area contributed by atoms with Gasteiger partial charge in [-0.15, -0.1) is 11.3 Å². The van der Waals surface area contributed by atoms with Crippen LogP contribution in [0.3, 0.4) is 0 Å². The number of rotatable bonds is 7. The first-order valence-corrected chi connectivity index (χ1v) is 10.7.